The fourth-order valence-electron chi connectivity index (χ4n) is 1.87. The summed E-state index contributed by atoms with van der Waals surface area (Å²) in [6.45, 7) is 2.84. The topological polar surface area (TPSA) is 94.1 Å². The summed E-state index contributed by atoms with van der Waals surface area (Å²) >= 11 is 0. The van der Waals surface area contributed by atoms with E-state index in [1.807, 2.05) is 0 Å². The highest BCUT2D eigenvalue weighted by atomic mass is 16.3. The minimum Gasteiger partial charge on any atom is -0.506 e. The number of H-pyrrole nitrogens is 1. The van der Waals surface area contributed by atoms with E-state index in [0.29, 0.717) is 23.4 Å². The highest BCUT2D eigenvalue weighted by Gasteiger charge is 2.10. The number of aromatic nitrogens is 3. The molecule has 2 aromatic heterocycles. The fourth-order valence-corrected chi connectivity index (χ4v) is 1.87. The molecule has 0 atom stereocenters. The molecule has 0 radical (unpaired) electrons. The molecule has 0 amide bonds. The first kappa shape index (κ1) is 13.5. The second-order valence-electron chi connectivity index (χ2n) is 4.32. The second kappa shape index (κ2) is 6.31. The van der Waals surface area contributed by atoms with Gasteiger partial charge < -0.3 is 20.5 Å². The number of hydrogen-bond donors (Lipinski definition) is 4. The zero-order chi connectivity index (χ0) is 13.7. The van der Waals surface area contributed by atoms with E-state index < -0.39 is 0 Å². The molecule has 19 heavy (non-hydrogen) atoms. The van der Waals surface area contributed by atoms with Gasteiger partial charge in [-0.15, -0.1) is 0 Å². The lowest BCUT2D eigenvalue weighted by Crippen LogP contribution is -2.18. The van der Waals surface area contributed by atoms with Gasteiger partial charge in [0, 0.05) is 49.2 Å². The number of aliphatic hydroxyl groups excluding tert-OH is 1. The van der Waals surface area contributed by atoms with E-state index in [1.54, 1.807) is 25.5 Å². The van der Waals surface area contributed by atoms with E-state index in [2.05, 4.69) is 20.3 Å². The first-order valence-corrected chi connectivity index (χ1v) is 6.18. The molecular formula is C13H18N4O2. The van der Waals surface area contributed by atoms with Crippen molar-refractivity contribution in [2.24, 2.45) is 0 Å². The van der Waals surface area contributed by atoms with Gasteiger partial charge in [-0.3, -0.25) is 4.98 Å². The molecule has 0 spiro atoms. The predicted molar refractivity (Wildman–Crippen MR) is 70.6 cm³/mol. The van der Waals surface area contributed by atoms with Crippen LogP contribution in [0.15, 0.2) is 18.6 Å². The number of aromatic amines is 1. The Balaban J connectivity index is 1.93. The maximum absolute atomic E-state index is 9.96. The summed E-state index contributed by atoms with van der Waals surface area (Å²) in [4.78, 5) is 11.2. The maximum Gasteiger partial charge on any atom is 0.141 e. The number of nitrogens with zero attached hydrogens (tertiary/aromatic N) is 2. The summed E-state index contributed by atoms with van der Waals surface area (Å²) in [5, 5.41) is 22.4. The summed E-state index contributed by atoms with van der Waals surface area (Å²) in [6.07, 6.45) is 5.89. The van der Waals surface area contributed by atoms with E-state index in [-0.39, 0.29) is 12.4 Å². The van der Waals surface area contributed by atoms with Crippen LogP contribution in [0.1, 0.15) is 22.6 Å². The third-order valence-electron chi connectivity index (χ3n) is 3.00. The Kier molecular flexibility index (Phi) is 4.48. The molecule has 0 saturated heterocycles. The highest BCUT2D eigenvalue weighted by molar-refractivity contribution is 5.40. The van der Waals surface area contributed by atoms with Crippen LogP contribution in [0.4, 0.5) is 0 Å². The first-order valence-electron chi connectivity index (χ1n) is 6.18. The van der Waals surface area contributed by atoms with Crippen molar-refractivity contribution in [1.82, 2.24) is 20.3 Å². The number of rotatable bonds is 6. The van der Waals surface area contributed by atoms with Crippen LogP contribution >= 0.6 is 0 Å². The monoisotopic (exact) mass is 262 g/mol. The molecule has 2 aromatic rings. The lowest BCUT2D eigenvalue weighted by Gasteiger charge is -2.12. The zero-order valence-corrected chi connectivity index (χ0v) is 10.8. The Morgan fingerprint density at radius 2 is 2.21 bits per heavy atom. The molecule has 0 aromatic carbocycles. The van der Waals surface area contributed by atoms with Gasteiger partial charge >= 0.3 is 0 Å². The maximum atomic E-state index is 9.96. The summed E-state index contributed by atoms with van der Waals surface area (Å²) in [5.41, 5.74) is 1.92. The van der Waals surface area contributed by atoms with Crippen molar-refractivity contribution in [1.29, 1.82) is 0 Å². The molecule has 6 nitrogen and oxygen atoms in total. The minimum absolute atomic E-state index is 0.129. The number of nitrogens with one attached hydrogen (secondary N) is 2. The molecule has 0 saturated carbocycles. The van der Waals surface area contributed by atoms with E-state index in [0.717, 1.165) is 18.8 Å². The van der Waals surface area contributed by atoms with Gasteiger partial charge in [-0.25, -0.2) is 4.98 Å². The molecular weight excluding hydrogens is 244 g/mol. The molecule has 0 aliphatic carbocycles. The van der Waals surface area contributed by atoms with Crippen LogP contribution in [0.5, 0.6) is 5.75 Å². The summed E-state index contributed by atoms with van der Waals surface area (Å²) in [5.74, 6) is 1.07. The van der Waals surface area contributed by atoms with Crippen molar-refractivity contribution >= 4 is 0 Å². The van der Waals surface area contributed by atoms with Gasteiger partial charge in [0.15, 0.2) is 0 Å². The normalized spacial score (nSPS) is 10.8. The van der Waals surface area contributed by atoms with Crippen LogP contribution in [0.25, 0.3) is 0 Å². The van der Waals surface area contributed by atoms with Gasteiger partial charge in [0.25, 0.3) is 0 Å². The molecule has 0 fully saturated rings. The molecule has 102 valence electrons. The number of pyridine rings is 1. The Bertz CT molecular complexity index is 526. The van der Waals surface area contributed by atoms with Crippen molar-refractivity contribution in [3.63, 3.8) is 0 Å². The first-order chi connectivity index (χ1) is 9.22. The Hall–Kier alpha value is -1.92. The average molecular weight is 262 g/mol. The molecule has 0 bridgehead atoms. The standard InChI is InChI=1S/C13H18N4O2/c1-9-13(19)11(10(8-18)6-17-9)7-14-3-2-12-15-4-5-16-12/h4-6,14,18-19H,2-3,7-8H2,1H3,(H,15,16). The molecule has 0 aliphatic rings. The molecule has 6 heteroatoms. The minimum atomic E-state index is -0.129. The van der Waals surface area contributed by atoms with Crippen molar-refractivity contribution in [3.8, 4) is 5.75 Å². The van der Waals surface area contributed by atoms with Gasteiger partial charge in [0.2, 0.25) is 0 Å². The van der Waals surface area contributed by atoms with E-state index >= 15 is 0 Å². The quantitative estimate of drug-likeness (QED) is 0.573. The fraction of sp³-hybridized carbons (Fsp3) is 0.385. The number of aromatic hydroxyl groups is 1. The van der Waals surface area contributed by atoms with Crippen molar-refractivity contribution in [3.05, 3.63) is 41.2 Å². The smallest absolute Gasteiger partial charge is 0.141 e. The average Bonchev–Trinajstić information content (AvgIpc) is 2.92. The Morgan fingerprint density at radius 3 is 2.89 bits per heavy atom. The lowest BCUT2D eigenvalue weighted by molar-refractivity contribution is 0.278. The van der Waals surface area contributed by atoms with Gasteiger partial charge in [-0.05, 0) is 6.92 Å². The van der Waals surface area contributed by atoms with Crippen LogP contribution in [0, 0.1) is 6.92 Å². The zero-order valence-electron chi connectivity index (χ0n) is 10.8. The van der Waals surface area contributed by atoms with Crippen LogP contribution in [0.3, 0.4) is 0 Å². The van der Waals surface area contributed by atoms with Crippen molar-refractivity contribution in [2.75, 3.05) is 6.54 Å². The third kappa shape index (κ3) is 3.30. The SMILES string of the molecule is Cc1ncc(CO)c(CNCCc2ncc[nH]2)c1O. The molecule has 2 heterocycles. The predicted octanol–water partition coefficient (Wildman–Crippen LogP) is 0.643. The molecule has 4 N–H and O–H groups in total. The summed E-state index contributed by atoms with van der Waals surface area (Å²) in [7, 11) is 0. The van der Waals surface area contributed by atoms with Crippen LogP contribution < -0.4 is 5.32 Å². The van der Waals surface area contributed by atoms with Gasteiger partial charge in [0.05, 0.1) is 12.3 Å². The number of aryl methyl sites for hydroxylation is 1. The molecule has 2 rings (SSSR count). The lowest BCUT2D eigenvalue weighted by atomic mass is 10.1. The van der Waals surface area contributed by atoms with Crippen molar-refractivity contribution < 1.29 is 10.2 Å². The Morgan fingerprint density at radius 1 is 1.37 bits per heavy atom. The van der Waals surface area contributed by atoms with E-state index in [9.17, 15) is 10.2 Å². The van der Waals surface area contributed by atoms with Gasteiger partial charge in [-0.1, -0.05) is 0 Å². The molecule has 0 unspecified atom stereocenters. The summed E-state index contributed by atoms with van der Waals surface area (Å²) < 4.78 is 0. The largest absolute Gasteiger partial charge is 0.506 e. The number of hydrogen-bond acceptors (Lipinski definition) is 5. The highest BCUT2D eigenvalue weighted by Crippen LogP contribution is 2.23. The molecule has 0 aliphatic heterocycles. The van der Waals surface area contributed by atoms with Crippen LogP contribution in [0.2, 0.25) is 0 Å². The number of imidazole rings is 1. The Labute approximate surface area is 111 Å². The van der Waals surface area contributed by atoms with Crippen LogP contribution in [-0.2, 0) is 19.6 Å². The van der Waals surface area contributed by atoms with Crippen LogP contribution in [-0.4, -0.2) is 31.7 Å². The van der Waals surface area contributed by atoms with E-state index in [1.165, 1.54) is 0 Å². The summed E-state index contributed by atoms with van der Waals surface area (Å²) in [6, 6.07) is 0. The number of aliphatic hydroxyl groups is 1. The van der Waals surface area contributed by atoms with Crippen molar-refractivity contribution in [2.45, 2.75) is 26.5 Å². The second-order valence-corrected chi connectivity index (χ2v) is 4.32. The van der Waals surface area contributed by atoms with Gasteiger partial charge in [0.1, 0.15) is 11.6 Å². The van der Waals surface area contributed by atoms with E-state index in [4.69, 9.17) is 0 Å². The third-order valence-corrected chi connectivity index (χ3v) is 3.00. The van der Waals surface area contributed by atoms with Gasteiger partial charge in [-0.2, -0.15) is 0 Å².